The van der Waals surface area contributed by atoms with Gasteiger partial charge in [0.05, 0.1) is 11.9 Å². The number of hydrogen-bond donors (Lipinski definition) is 1. The third-order valence-corrected chi connectivity index (χ3v) is 6.74. The zero-order chi connectivity index (χ0) is 26.3. The number of hydrogen-bond acceptors (Lipinski definition) is 4. The van der Waals surface area contributed by atoms with Crippen LogP contribution in [0.3, 0.4) is 0 Å². The summed E-state index contributed by atoms with van der Waals surface area (Å²) in [4.78, 5) is 27.2. The molecule has 35 heavy (non-hydrogen) atoms. The molecule has 0 unspecified atom stereocenters. The van der Waals surface area contributed by atoms with Crippen molar-refractivity contribution in [2.24, 2.45) is 0 Å². The van der Waals surface area contributed by atoms with Gasteiger partial charge in [-0.25, -0.2) is 12.8 Å². The van der Waals surface area contributed by atoms with E-state index in [1.165, 1.54) is 15.3 Å². The van der Waals surface area contributed by atoms with Crippen LogP contribution in [0.1, 0.15) is 50.3 Å². The lowest BCUT2D eigenvalue weighted by Crippen LogP contribution is -2.49. The molecule has 2 aromatic rings. The Morgan fingerprint density at radius 1 is 1.03 bits per heavy atom. The van der Waals surface area contributed by atoms with Crippen LogP contribution in [-0.4, -0.2) is 50.0 Å². The normalized spacial score (nSPS) is 12.3. The van der Waals surface area contributed by atoms with Gasteiger partial charge < -0.3 is 10.2 Å². The first-order valence-corrected chi connectivity index (χ1v) is 13.5. The molecule has 2 rings (SSSR count). The van der Waals surface area contributed by atoms with Crippen molar-refractivity contribution in [1.29, 1.82) is 0 Å². The third kappa shape index (κ3) is 8.35. The Bertz CT molecular complexity index is 1130. The maximum atomic E-state index is 14.3. The summed E-state index contributed by atoms with van der Waals surface area (Å²) in [6.07, 6.45) is 1.38. The molecule has 0 bridgehead atoms. The topological polar surface area (TPSA) is 86.8 Å². The van der Waals surface area contributed by atoms with Crippen molar-refractivity contribution in [2.75, 3.05) is 17.1 Å². The minimum absolute atomic E-state index is 0.00453. The predicted octanol–water partition coefficient (Wildman–Crippen LogP) is 3.93. The molecule has 0 spiro atoms. The van der Waals surface area contributed by atoms with Crippen molar-refractivity contribution in [3.8, 4) is 0 Å². The highest BCUT2D eigenvalue weighted by molar-refractivity contribution is 7.92. The molecule has 0 aliphatic rings. The van der Waals surface area contributed by atoms with E-state index in [1.807, 2.05) is 33.8 Å². The molecule has 0 fully saturated rings. The standard InChI is InChI=1S/C26H36FN3O4S/c1-18(2)28-26(32)21(5)29(17-22-10-7-8-11-24(22)27)25(31)12-9-13-30(35(6,33)34)23-15-19(3)14-20(4)16-23/h7-8,10-11,14-16,18,21H,9,12-13,17H2,1-6H3,(H,28,32)/t21-/m1/s1. The quantitative estimate of drug-likeness (QED) is 0.501. The summed E-state index contributed by atoms with van der Waals surface area (Å²) in [5.74, 6) is -1.15. The number of benzene rings is 2. The van der Waals surface area contributed by atoms with Crippen LogP contribution < -0.4 is 9.62 Å². The van der Waals surface area contributed by atoms with Crippen LogP contribution in [0.4, 0.5) is 10.1 Å². The second kappa shape index (κ2) is 12.2. The molecule has 0 saturated heterocycles. The van der Waals surface area contributed by atoms with Gasteiger partial charge in [0.15, 0.2) is 0 Å². The molecule has 7 nitrogen and oxygen atoms in total. The highest BCUT2D eigenvalue weighted by atomic mass is 32.2. The van der Waals surface area contributed by atoms with E-state index in [1.54, 1.807) is 37.3 Å². The van der Waals surface area contributed by atoms with Gasteiger partial charge in [-0.15, -0.1) is 0 Å². The van der Waals surface area contributed by atoms with E-state index in [2.05, 4.69) is 5.32 Å². The first kappa shape index (κ1) is 28.3. The maximum Gasteiger partial charge on any atom is 0.242 e. The lowest BCUT2D eigenvalue weighted by atomic mass is 10.1. The molecule has 1 N–H and O–H groups in total. The number of carbonyl (C=O) groups is 2. The van der Waals surface area contributed by atoms with Gasteiger partial charge in [-0.05, 0) is 70.4 Å². The largest absolute Gasteiger partial charge is 0.352 e. The number of sulfonamides is 1. The van der Waals surface area contributed by atoms with Crippen LogP contribution in [0.2, 0.25) is 0 Å². The highest BCUT2D eigenvalue weighted by Crippen LogP contribution is 2.22. The molecule has 0 aliphatic heterocycles. The minimum Gasteiger partial charge on any atom is -0.352 e. The fourth-order valence-corrected chi connectivity index (χ4v) is 4.85. The number of aryl methyl sites for hydroxylation is 2. The Balaban J connectivity index is 2.21. The lowest BCUT2D eigenvalue weighted by Gasteiger charge is -2.30. The summed E-state index contributed by atoms with van der Waals surface area (Å²) in [6, 6.07) is 10.7. The zero-order valence-electron chi connectivity index (χ0n) is 21.3. The van der Waals surface area contributed by atoms with Crippen molar-refractivity contribution >= 4 is 27.5 Å². The Kier molecular flexibility index (Phi) is 9.82. The van der Waals surface area contributed by atoms with E-state index in [-0.39, 0.29) is 43.8 Å². The number of carbonyl (C=O) groups excluding carboxylic acids is 2. The number of nitrogens with zero attached hydrogens (tertiary/aromatic N) is 2. The molecular weight excluding hydrogens is 469 g/mol. The van der Waals surface area contributed by atoms with Gasteiger partial charge in [0.2, 0.25) is 21.8 Å². The van der Waals surface area contributed by atoms with Crippen molar-refractivity contribution in [3.63, 3.8) is 0 Å². The van der Waals surface area contributed by atoms with Gasteiger partial charge in [-0.3, -0.25) is 13.9 Å². The summed E-state index contributed by atoms with van der Waals surface area (Å²) in [7, 11) is -3.57. The van der Waals surface area contributed by atoms with E-state index in [0.717, 1.165) is 17.4 Å². The van der Waals surface area contributed by atoms with Crippen LogP contribution in [0.5, 0.6) is 0 Å². The van der Waals surface area contributed by atoms with Crippen LogP contribution in [0.15, 0.2) is 42.5 Å². The molecule has 0 radical (unpaired) electrons. The molecule has 2 aromatic carbocycles. The second-order valence-corrected chi connectivity index (χ2v) is 11.1. The van der Waals surface area contributed by atoms with Crippen molar-refractivity contribution in [1.82, 2.24) is 10.2 Å². The molecule has 0 aromatic heterocycles. The molecular formula is C26H36FN3O4S. The smallest absolute Gasteiger partial charge is 0.242 e. The Morgan fingerprint density at radius 3 is 2.17 bits per heavy atom. The average Bonchev–Trinajstić information content (AvgIpc) is 2.73. The van der Waals surface area contributed by atoms with Crippen LogP contribution in [0.25, 0.3) is 0 Å². The van der Waals surface area contributed by atoms with Crippen LogP contribution in [0, 0.1) is 19.7 Å². The molecule has 0 saturated carbocycles. The SMILES string of the molecule is Cc1cc(C)cc(N(CCCC(=O)N(Cc2ccccc2F)[C@H](C)C(=O)NC(C)C)S(C)(=O)=O)c1. The summed E-state index contributed by atoms with van der Waals surface area (Å²) in [6.45, 7) is 9.07. The van der Waals surface area contributed by atoms with Gasteiger partial charge in [-0.1, -0.05) is 24.3 Å². The average molecular weight is 506 g/mol. The van der Waals surface area contributed by atoms with Crippen molar-refractivity contribution in [3.05, 3.63) is 65.0 Å². The van der Waals surface area contributed by atoms with E-state index in [0.29, 0.717) is 11.3 Å². The van der Waals surface area contributed by atoms with Crippen molar-refractivity contribution in [2.45, 2.75) is 66.1 Å². The Hall–Kier alpha value is -2.94. The van der Waals surface area contributed by atoms with Gasteiger partial charge in [-0.2, -0.15) is 0 Å². The van der Waals surface area contributed by atoms with E-state index in [9.17, 15) is 22.4 Å². The number of halogens is 1. The molecule has 1 atom stereocenters. The second-order valence-electron chi connectivity index (χ2n) is 9.24. The van der Waals surface area contributed by atoms with Crippen molar-refractivity contribution < 1.29 is 22.4 Å². The van der Waals surface area contributed by atoms with Gasteiger partial charge in [0.1, 0.15) is 11.9 Å². The predicted molar refractivity (Wildman–Crippen MR) is 137 cm³/mol. The first-order chi connectivity index (χ1) is 16.3. The Labute approximate surface area is 208 Å². The minimum atomic E-state index is -3.57. The Morgan fingerprint density at radius 2 is 1.63 bits per heavy atom. The maximum absolute atomic E-state index is 14.3. The molecule has 192 valence electrons. The van der Waals surface area contributed by atoms with E-state index >= 15 is 0 Å². The summed E-state index contributed by atoms with van der Waals surface area (Å²) in [5.41, 5.74) is 2.72. The number of nitrogens with one attached hydrogen (secondary N) is 1. The zero-order valence-corrected chi connectivity index (χ0v) is 22.2. The number of anilines is 1. The fourth-order valence-electron chi connectivity index (χ4n) is 3.90. The van der Waals surface area contributed by atoms with Crippen LogP contribution >= 0.6 is 0 Å². The van der Waals surface area contributed by atoms with Gasteiger partial charge in [0, 0.05) is 31.1 Å². The highest BCUT2D eigenvalue weighted by Gasteiger charge is 2.27. The van der Waals surface area contributed by atoms with Crippen LogP contribution in [-0.2, 0) is 26.2 Å². The monoisotopic (exact) mass is 505 g/mol. The van der Waals surface area contributed by atoms with E-state index < -0.39 is 21.9 Å². The summed E-state index contributed by atoms with van der Waals surface area (Å²) in [5, 5.41) is 2.79. The third-order valence-electron chi connectivity index (χ3n) is 5.54. The van der Waals surface area contributed by atoms with E-state index in [4.69, 9.17) is 0 Å². The van der Waals surface area contributed by atoms with Gasteiger partial charge >= 0.3 is 0 Å². The first-order valence-electron chi connectivity index (χ1n) is 11.7. The summed E-state index contributed by atoms with van der Waals surface area (Å²) < 4.78 is 40.6. The number of rotatable bonds is 11. The lowest BCUT2D eigenvalue weighted by molar-refractivity contribution is -0.140. The molecule has 9 heteroatoms. The number of amides is 2. The molecule has 0 heterocycles. The molecule has 2 amide bonds. The summed E-state index contributed by atoms with van der Waals surface area (Å²) >= 11 is 0. The molecule has 0 aliphatic carbocycles. The van der Waals surface area contributed by atoms with Gasteiger partial charge in [0.25, 0.3) is 0 Å². The fraction of sp³-hybridized carbons (Fsp3) is 0.462.